The van der Waals surface area contributed by atoms with Crippen molar-refractivity contribution in [3.8, 4) is 0 Å². The number of amides is 2. The lowest BCUT2D eigenvalue weighted by molar-refractivity contribution is -0.928. The van der Waals surface area contributed by atoms with Gasteiger partial charge in [-0.1, -0.05) is 11.6 Å². The molecule has 1 aliphatic carbocycles. The normalized spacial score (nSPS) is 22.0. The molecule has 6 nitrogen and oxygen atoms in total. The third kappa shape index (κ3) is 3.96. The molecule has 0 atom stereocenters. The number of anilines is 1. The SMILES string of the molecule is O=C(C1=CCC(=O)N(c2ccc(Cl)cc2)N1)N1CC[NH+](C2CCCC2)CC1. The maximum atomic E-state index is 12.9. The molecule has 0 bridgehead atoms. The average Bonchev–Trinajstić information content (AvgIpc) is 3.24. The quantitative estimate of drug-likeness (QED) is 0.815. The van der Waals surface area contributed by atoms with Crippen molar-refractivity contribution in [1.29, 1.82) is 0 Å². The molecule has 1 aromatic carbocycles. The van der Waals surface area contributed by atoms with Gasteiger partial charge in [0.1, 0.15) is 5.70 Å². The van der Waals surface area contributed by atoms with Crippen LogP contribution in [0.4, 0.5) is 5.69 Å². The first-order chi connectivity index (χ1) is 13.1. The Hall–Kier alpha value is -2.05. The smallest absolute Gasteiger partial charge is 0.271 e. The summed E-state index contributed by atoms with van der Waals surface area (Å²) in [4.78, 5) is 28.8. The van der Waals surface area contributed by atoms with Crippen molar-refractivity contribution < 1.29 is 14.5 Å². The topological polar surface area (TPSA) is 57.1 Å². The lowest BCUT2D eigenvalue weighted by atomic mass is 10.1. The van der Waals surface area contributed by atoms with E-state index in [0.717, 1.165) is 32.2 Å². The van der Waals surface area contributed by atoms with Crippen LogP contribution in [0.1, 0.15) is 32.1 Å². The molecule has 2 aliphatic heterocycles. The van der Waals surface area contributed by atoms with E-state index in [1.54, 1.807) is 35.2 Å². The third-order valence-corrected chi connectivity index (χ3v) is 6.16. The summed E-state index contributed by atoms with van der Waals surface area (Å²) in [5.41, 5.74) is 4.17. The van der Waals surface area contributed by atoms with E-state index in [9.17, 15) is 9.59 Å². The predicted molar refractivity (Wildman–Crippen MR) is 104 cm³/mol. The zero-order valence-corrected chi connectivity index (χ0v) is 16.2. The summed E-state index contributed by atoms with van der Waals surface area (Å²) >= 11 is 5.93. The van der Waals surface area contributed by atoms with Gasteiger partial charge in [-0.2, -0.15) is 0 Å². The van der Waals surface area contributed by atoms with Crippen molar-refractivity contribution >= 4 is 29.1 Å². The second kappa shape index (κ2) is 7.90. The number of benzene rings is 1. The first-order valence-electron chi connectivity index (χ1n) is 9.81. The van der Waals surface area contributed by atoms with Crippen LogP contribution in [-0.4, -0.2) is 48.9 Å². The van der Waals surface area contributed by atoms with Crippen molar-refractivity contribution in [3.05, 3.63) is 41.1 Å². The Morgan fingerprint density at radius 2 is 1.78 bits per heavy atom. The molecule has 2 heterocycles. The Labute approximate surface area is 164 Å². The largest absolute Gasteiger partial charge is 0.330 e. The van der Waals surface area contributed by atoms with Gasteiger partial charge in [0.05, 0.1) is 37.9 Å². The summed E-state index contributed by atoms with van der Waals surface area (Å²) in [7, 11) is 0. The van der Waals surface area contributed by atoms with Crippen LogP contribution < -0.4 is 15.3 Å². The number of nitrogens with zero attached hydrogens (tertiary/aromatic N) is 2. The lowest BCUT2D eigenvalue weighted by Crippen LogP contribution is -3.18. The fourth-order valence-corrected chi connectivity index (χ4v) is 4.48. The van der Waals surface area contributed by atoms with E-state index in [-0.39, 0.29) is 18.2 Å². The maximum Gasteiger partial charge on any atom is 0.271 e. The summed E-state index contributed by atoms with van der Waals surface area (Å²) in [6, 6.07) is 7.79. The van der Waals surface area contributed by atoms with E-state index in [1.807, 2.05) is 4.90 Å². The highest BCUT2D eigenvalue weighted by Crippen LogP contribution is 2.21. The zero-order valence-electron chi connectivity index (χ0n) is 15.4. The van der Waals surface area contributed by atoms with Gasteiger partial charge in [-0.05, 0) is 56.0 Å². The molecule has 7 heteroatoms. The Morgan fingerprint density at radius 1 is 1.11 bits per heavy atom. The third-order valence-electron chi connectivity index (χ3n) is 5.90. The van der Waals surface area contributed by atoms with Crippen molar-refractivity contribution in [1.82, 2.24) is 10.3 Å². The first-order valence-corrected chi connectivity index (χ1v) is 10.2. The van der Waals surface area contributed by atoms with Crippen molar-refractivity contribution in [2.24, 2.45) is 0 Å². The highest BCUT2D eigenvalue weighted by molar-refractivity contribution is 6.30. The van der Waals surface area contributed by atoms with Gasteiger partial charge in [-0.3, -0.25) is 15.0 Å². The fourth-order valence-electron chi connectivity index (χ4n) is 4.35. The number of carbonyl (C=O) groups excluding carboxylic acids is 2. The summed E-state index contributed by atoms with van der Waals surface area (Å²) < 4.78 is 0. The van der Waals surface area contributed by atoms with Crippen LogP contribution in [-0.2, 0) is 9.59 Å². The second-order valence-corrected chi connectivity index (χ2v) is 8.01. The van der Waals surface area contributed by atoms with E-state index in [2.05, 4.69) is 5.43 Å². The van der Waals surface area contributed by atoms with Gasteiger partial charge in [0.2, 0.25) is 5.91 Å². The Balaban J connectivity index is 1.38. The molecule has 3 aliphatic rings. The van der Waals surface area contributed by atoms with E-state index < -0.39 is 0 Å². The Morgan fingerprint density at radius 3 is 2.44 bits per heavy atom. The Kier molecular flexibility index (Phi) is 5.36. The second-order valence-electron chi connectivity index (χ2n) is 7.57. The fraction of sp³-hybridized carbons (Fsp3) is 0.500. The van der Waals surface area contributed by atoms with Gasteiger partial charge in [0.25, 0.3) is 5.91 Å². The zero-order chi connectivity index (χ0) is 18.8. The number of hydrogen-bond acceptors (Lipinski definition) is 3. The van der Waals surface area contributed by atoms with Crippen LogP contribution in [0.5, 0.6) is 0 Å². The molecule has 27 heavy (non-hydrogen) atoms. The highest BCUT2D eigenvalue weighted by Gasteiger charge is 2.33. The molecule has 1 saturated carbocycles. The Bertz CT molecular complexity index is 735. The predicted octanol–water partition coefficient (Wildman–Crippen LogP) is 1.13. The minimum atomic E-state index is -0.0932. The molecule has 1 aromatic rings. The number of hydrogen-bond donors (Lipinski definition) is 2. The van der Waals surface area contributed by atoms with Crippen molar-refractivity contribution in [3.63, 3.8) is 0 Å². The summed E-state index contributed by atoms with van der Waals surface area (Å²) in [5.74, 6) is -0.115. The number of piperazine rings is 1. The molecule has 0 spiro atoms. The first kappa shape index (κ1) is 18.3. The molecule has 0 aromatic heterocycles. The summed E-state index contributed by atoms with van der Waals surface area (Å²) in [5, 5.41) is 2.04. The van der Waals surface area contributed by atoms with Crippen LogP contribution in [0, 0.1) is 0 Å². The standard InChI is InChI=1S/C20H25ClN4O2/c21-15-5-7-17(8-6-15)25-19(26)10-9-18(22-25)20(27)24-13-11-23(12-14-24)16-3-1-2-4-16/h5-9,16,22H,1-4,10-14H2/p+1. The molecule has 1 saturated heterocycles. The van der Waals surface area contributed by atoms with Gasteiger partial charge >= 0.3 is 0 Å². The molecule has 4 rings (SSSR count). The van der Waals surface area contributed by atoms with E-state index in [1.165, 1.54) is 30.7 Å². The molecule has 0 unspecified atom stereocenters. The summed E-state index contributed by atoms with van der Waals surface area (Å²) in [6.45, 7) is 3.59. The molecular weight excluding hydrogens is 364 g/mol. The molecule has 2 amide bonds. The van der Waals surface area contributed by atoms with E-state index in [0.29, 0.717) is 16.4 Å². The van der Waals surface area contributed by atoms with Crippen LogP contribution >= 0.6 is 11.6 Å². The van der Waals surface area contributed by atoms with Gasteiger partial charge < -0.3 is 9.80 Å². The van der Waals surface area contributed by atoms with Crippen LogP contribution in [0.3, 0.4) is 0 Å². The number of halogens is 1. The molecule has 144 valence electrons. The minimum Gasteiger partial charge on any atom is -0.330 e. The van der Waals surface area contributed by atoms with Crippen molar-refractivity contribution in [2.75, 3.05) is 31.2 Å². The lowest BCUT2D eigenvalue weighted by Gasteiger charge is -2.37. The van der Waals surface area contributed by atoms with Crippen LogP contribution in [0.15, 0.2) is 36.0 Å². The number of nitrogens with one attached hydrogen (secondary N) is 2. The van der Waals surface area contributed by atoms with Gasteiger partial charge in [0.15, 0.2) is 0 Å². The molecule has 0 radical (unpaired) electrons. The monoisotopic (exact) mass is 389 g/mol. The number of quaternary nitrogens is 1. The average molecular weight is 390 g/mol. The summed E-state index contributed by atoms with van der Waals surface area (Å²) in [6.07, 6.45) is 7.27. The number of hydrazine groups is 1. The van der Waals surface area contributed by atoms with Gasteiger partial charge in [0, 0.05) is 11.4 Å². The highest BCUT2D eigenvalue weighted by atomic mass is 35.5. The number of carbonyl (C=O) groups is 2. The minimum absolute atomic E-state index is 0.0214. The maximum absolute atomic E-state index is 12.9. The van der Waals surface area contributed by atoms with Gasteiger partial charge in [-0.25, -0.2) is 5.01 Å². The molecule has 2 fully saturated rings. The van der Waals surface area contributed by atoms with Gasteiger partial charge in [-0.15, -0.1) is 0 Å². The van der Waals surface area contributed by atoms with E-state index in [4.69, 9.17) is 11.6 Å². The van der Waals surface area contributed by atoms with Crippen molar-refractivity contribution in [2.45, 2.75) is 38.1 Å². The molecular formula is C20H26ClN4O2+. The van der Waals surface area contributed by atoms with Crippen LogP contribution in [0.25, 0.3) is 0 Å². The van der Waals surface area contributed by atoms with Crippen LogP contribution in [0.2, 0.25) is 5.02 Å². The van der Waals surface area contributed by atoms with E-state index >= 15 is 0 Å². The molecule has 2 N–H and O–H groups in total. The number of rotatable bonds is 3.